The molecule has 0 radical (unpaired) electrons. The Morgan fingerprint density at radius 3 is 2.58 bits per heavy atom. The van der Waals surface area contributed by atoms with Crippen LogP contribution in [0.25, 0.3) is 0 Å². The molecule has 0 saturated carbocycles. The molecule has 1 aromatic carbocycles. The highest BCUT2D eigenvalue weighted by Gasteiger charge is 2.14. The molecule has 19 heavy (non-hydrogen) atoms. The van der Waals surface area contributed by atoms with Crippen molar-refractivity contribution in [2.45, 2.75) is 26.3 Å². The summed E-state index contributed by atoms with van der Waals surface area (Å²) in [7, 11) is 0. The molecule has 2 N–H and O–H groups in total. The molecule has 0 saturated heterocycles. The number of hydrogen-bond acceptors (Lipinski definition) is 3. The first kappa shape index (κ1) is 13.5. The first-order valence-electron chi connectivity index (χ1n) is 5.97. The van der Waals surface area contributed by atoms with E-state index >= 15 is 0 Å². The molecule has 0 amide bonds. The number of rotatable bonds is 3. The van der Waals surface area contributed by atoms with Gasteiger partial charge in [0.2, 0.25) is 0 Å². The van der Waals surface area contributed by atoms with Gasteiger partial charge in [-0.3, -0.25) is 0 Å². The fourth-order valence-corrected chi connectivity index (χ4v) is 1.98. The van der Waals surface area contributed by atoms with E-state index in [2.05, 4.69) is 10.2 Å². The van der Waals surface area contributed by atoms with Crippen molar-refractivity contribution >= 4 is 0 Å². The summed E-state index contributed by atoms with van der Waals surface area (Å²) in [6.07, 6.45) is 0.290. The monoisotopic (exact) mass is 263 g/mol. The fraction of sp³-hybridized carbons (Fsp3) is 0.286. The van der Waals surface area contributed by atoms with E-state index in [0.717, 1.165) is 23.0 Å². The topological polar surface area (TPSA) is 51.8 Å². The summed E-state index contributed by atoms with van der Waals surface area (Å²) >= 11 is 0. The van der Waals surface area contributed by atoms with E-state index in [-0.39, 0.29) is 6.42 Å². The molecule has 0 aliphatic heterocycles. The van der Waals surface area contributed by atoms with Crippen molar-refractivity contribution < 1.29 is 8.78 Å². The number of benzene rings is 1. The summed E-state index contributed by atoms with van der Waals surface area (Å²) in [5.41, 5.74) is 8.78. The Bertz CT molecular complexity index is 599. The second kappa shape index (κ2) is 5.40. The number of nitrogens with two attached hydrogens (primary N) is 1. The number of aryl methyl sites for hydroxylation is 2. The van der Waals surface area contributed by atoms with Crippen LogP contribution in [-0.2, 0) is 6.42 Å². The van der Waals surface area contributed by atoms with E-state index in [1.165, 1.54) is 12.1 Å². The maximum Gasteiger partial charge on any atom is 0.129 e. The Hall–Kier alpha value is -1.88. The molecule has 0 bridgehead atoms. The zero-order valence-corrected chi connectivity index (χ0v) is 10.8. The molecule has 1 unspecified atom stereocenters. The van der Waals surface area contributed by atoms with E-state index in [4.69, 9.17) is 5.73 Å². The molecule has 2 rings (SSSR count). The standard InChI is InChI=1S/C14H15F2N3/c1-8-5-12(9(2)19-18-8)14(17)6-10-3-4-11(15)7-13(10)16/h3-5,7,14H,6,17H2,1-2H3. The molecule has 1 atom stereocenters. The van der Waals surface area contributed by atoms with Crippen LogP contribution in [0.15, 0.2) is 24.3 Å². The number of hydrogen-bond donors (Lipinski definition) is 1. The predicted octanol–water partition coefficient (Wildman–Crippen LogP) is 2.61. The highest BCUT2D eigenvalue weighted by atomic mass is 19.1. The van der Waals surface area contributed by atoms with Crippen molar-refractivity contribution in [3.05, 3.63) is 58.4 Å². The molecule has 1 heterocycles. The van der Waals surface area contributed by atoms with Crippen LogP contribution in [0.2, 0.25) is 0 Å². The zero-order valence-electron chi connectivity index (χ0n) is 10.8. The Balaban J connectivity index is 2.25. The SMILES string of the molecule is Cc1cc(C(N)Cc2ccc(F)cc2F)c(C)nn1. The third-order valence-electron chi connectivity index (χ3n) is 2.99. The summed E-state index contributed by atoms with van der Waals surface area (Å²) in [5.74, 6) is -1.17. The normalized spacial score (nSPS) is 12.5. The van der Waals surface area contributed by atoms with Crippen LogP contribution in [-0.4, -0.2) is 10.2 Å². The maximum absolute atomic E-state index is 13.6. The zero-order chi connectivity index (χ0) is 14.0. The minimum Gasteiger partial charge on any atom is -0.324 e. The molecule has 0 aliphatic carbocycles. The lowest BCUT2D eigenvalue weighted by Gasteiger charge is -2.14. The highest BCUT2D eigenvalue weighted by Crippen LogP contribution is 2.20. The smallest absolute Gasteiger partial charge is 0.129 e. The van der Waals surface area contributed by atoms with E-state index < -0.39 is 17.7 Å². The number of halogens is 2. The van der Waals surface area contributed by atoms with Gasteiger partial charge in [-0.05, 0) is 43.5 Å². The van der Waals surface area contributed by atoms with Crippen LogP contribution >= 0.6 is 0 Å². The summed E-state index contributed by atoms with van der Waals surface area (Å²) in [4.78, 5) is 0. The van der Waals surface area contributed by atoms with E-state index in [1.807, 2.05) is 19.9 Å². The minimum absolute atomic E-state index is 0.290. The van der Waals surface area contributed by atoms with Gasteiger partial charge in [0, 0.05) is 12.1 Å². The van der Waals surface area contributed by atoms with Crippen LogP contribution < -0.4 is 5.73 Å². The lowest BCUT2D eigenvalue weighted by Crippen LogP contribution is -2.17. The van der Waals surface area contributed by atoms with Crippen molar-refractivity contribution in [1.82, 2.24) is 10.2 Å². The van der Waals surface area contributed by atoms with Crippen LogP contribution in [0.4, 0.5) is 8.78 Å². The molecule has 100 valence electrons. The minimum atomic E-state index is -0.590. The van der Waals surface area contributed by atoms with Gasteiger partial charge in [-0.1, -0.05) is 6.07 Å². The van der Waals surface area contributed by atoms with Crippen molar-refractivity contribution in [1.29, 1.82) is 0 Å². The van der Waals surface area contributed by atoms with E-state index in [0.29, 0.717) is 5.56 Å². The first-order chi connectivity index (χ1) is 8.97. The van der Waals surface area contributed by atoms with E-state index in [1.54, 1.807) is 0 Å². The van der Waals surface area contributed by atoms with Crippen molar-refractivity contribution in [3.8, 4) is 0 Å². The van der Waals surface area contributed by atoms with Gasteiger partial charge in [-0.2, -0.15) is 10.2 Å². The predicted molar refractivity (Wildman–Crippen MR) is 68.5 cm³/mol. The quantitative estimate of drug-likeness (QED) is 0.926. The maximum atomic E-state index is 13.6. The molecule has 0 fully saturated rings. The van der Waals surface area contributed by atoms with Crippen molar-refractivity contribution in [3.63, 3.8) is 0 Å². The Morgan fingerprint density at radius 1 is 1.16 bits per heavy atom. The summed E-state index contributed by atoms with van der Waals surface area (Å²) in [6, 6.07) is 4.96. The number of nitrogens with zero attached hydrogens (tertiary/aromatic N) is 2. The summed E-state index contributed by atoms with van der Waals surface area (Å²) < 4.78 is 26.4. The van der Waals surface area contributed by atoms with Gasteiger partial charge in [0.05, 0.1) is 11.4 Å². The van der Waals surface area contributed by atoms with Crippen molar-refractivity contribution in [2.75, 3.05) is 0 Å². The average molecular weight is 263 g/mol. The van der Waals surface area contributed by atoms with Gasteiger partial charge in [-0.25, -0.2) is 8.78 Å². The second-order valence-corrected chi connectivity index (χ2v) is 4.57. The molecule has 5 heteroatoms. The summed E-state index contributed by atoms with van der Waals surface area (Å²) in [5, 5.41) is 7.92. The Morgan fingerprint density at radius 2 is 1.89 bits per heavy atom. The third kappa shape index (κ3) is 3.12. The van der Waals surface area contributed by atoms with Gasteiger partial charge in [0.1, 0.15) is 11.6 Å². The second-order valence-electron chi connectivity index (χ2n) is 4.57. The van der Waals surface area contributed by atoms with Crippen molar-refractivity contribution in [2.24, 2.45) is 5.73 Å². The lowest BCUT2D eigenvalue weighted by atomic mass is 9.98. The van der Waals surface area contributed by atoms with Gasteiger partial charge in [0.15, 0.2) is 0 Å². The molecule has 0 spiro atoms. The molecule has 1 aromatic heterocycles. The van der Waals surface area contributed by atoms with Crippen LogP contribution in [0, 0.1) is 25.5 Å². The molecule has 0 aliphatic rings. The summed E-state index contributed by atoms with van der Waals surface area (Å²) in [6.45, 7) is 3.63. The van der Waals surface area contributed by atoms with E-state index in [9.17, 15) is 8.78 Å². The van der Waals surface area contributed by atoms with Gasteiger partial charge >= 0.3 is 0 Å². The lowest BCUT2D eigenvalue weighted by molar-refractivity contribution is 0.562. The van der Waals surface area contributed by atoms with Gasteiger partial charge < -0.3 is 5.73 Å². The van der Waals surface area contributed by atoms with Gasteiger partial charge in [0.25, 0.3) is 0 Å². The molecule has 3 nitrogen and oxygen atoms in total. The van der Waals surface area contributed by atoms with Crippen LogP contribution in [0.5, 0.6) is 0 Å². The first-order valence-corrected chi connectivity index (χ1v) is 5.97. The molecular formula is C14H15F2N3. The molecule has 2 aromatic rings. The van der Waals surface area contributed by atoms with Gasteiger partial charge in [-0.15, -0.1) is 0 Å². The fourth-order valence-electron chi connectivity index (χ4n) is 1.98. The Labute approximate surface area is 110 Å². The number of aromatic nitrogens is 2. The Kier molecular flexibility index (Phi) is 3.85. The third-order valence-corrected chi connectivity index (χ3v) is 2.99. The largest absolute Gasteiger partial charge is 0.324 e. The van der Waals surface area contributed by atoms with Crippen LogP contribution in [0.3, 0.4) is 0 Å². The highest BCUT2D eigenvalue weighted by molar-refractivity contribution is 5.27. The average Bonchev–Trinajstić information content (AvgIpc) is 2.35. The molecular weight excluding hydrogens is 248 g/mol. The van der Waals surface area contributed by atoms with Crippen LogP contribution in [0.1, 0.15) is 28.6 Å².